The summed E-state index contributed by atoms with van der Waals surface area (Å²) in [6.07, 6.45) is 1.44. The summed E-state index contributed by atoms with van der Waals surface area (Å²) in [5, 5.41) is 4.38. The number of nitrogens with zero attached hydrogens (tertiary/aromatic N) is 1. The molecule has 28 heavy (non-hydrogen) atoms. The second-order valence-electron chi connectivity index (χ2n) is 5.09. The lowest BCUT2D eigenvalue weighted by Gasteiger charge is -2.11. The normalized spacial score (nSPS) is 11.0. The second kappa shape index (κ2) is 10.7. The number of benzene rings is 2. The highest BCUT2D eigenvalue weighted by molar-refractivity contribution is 8.00. The third kappa shape index (κ3) is 5.53. The summed E-state index contributed by atoms with van der Waals surface area (Å²) in [4.78, 5) is 12.4. The average Bonchev–Trinajstić information content (AvgIpc) is 2.70. The maximum Gasteiger partial charge on any atom is 0.250 e. The molecule has 0 aromatic heterocycles. The Kier molecular flexibility index (Phi) is 8.86. The van der Waals surface area contributed by atoms with Crippen LogP contribution in [-0.2, 0) is 4.79 Å². The first-order valence-corrected chi connectivity index (χ1v) is 10.4. The molecule has 1 N–H and O–H groups in total. The zero-order valence-electron chi connectivity index (χ0n) is 14.5. The summed E-state index contributed by atoms with van der Waals surface area (Å²) in [6, 6.07) is 5.21. The lowest BCUT2D eigenvalue weighted by Crippen LogP contribution is -2.19. The highest BCUT2D eigenvalue weighted by atomic mass is 35.5. The molecule has 0 aliphatic rings. The highest BCUT2D eigenvalue weighted by Gasteiger charge is 2.20. The van der Waals surface area contributed by atoms with Crippen molar-refractivity contribution in [2.45, 2.75) is 4.90 Å². The predicted molar refractivity (Wildman–Crippen MR) is 117 cm³/mol. The number of carbonyl (C=O) groups is 1. The van der Waals surface area contributed by atoms with Gasteiger partial charge < -0.3 is 9.47 Å². The first-order valence-electron chi connectivity index (χ1n) is 7.48. The van der Waals surface area contributed by atoms with Crippen LogP contribution in [0.1, 0.15) is 5.56 Å². The van der Waals surface area contributed by atoms with Gasteiger partial charge in [-0.25, -0.2) is 5.43 Å². The molecule has 2 aromatic rings. The molecule has 0 saturated heterocycles. The minimum Gasteiger partial charge on any atom is -0.497 e. The molecule has 11 heteroatoms. The number of carbonyl (C=O) groups excluding carboxylic acids is 1. The maximum atomic E-state index is 12.1. The molecular weight excluding hydrogens is 490 g/mol. The smallest absolute Gasteiger partial charge is 0.250 e. The van der Waals surface area contributed by atoms with Crippen molar-refractivity contribution < 1.29 is 14.3 Å². The summed E-state index contributed by atoms with van der Waals surface area (Å²) in [7, 11) is 3.08. The lowest BCUT2D eigenvalue weighted by molar-refractivity contribution is -0.118. The molecule has 0 unspecified atom stereocenters. The third-order valence-electron chi connectivity index (χ3n) is 3.35. The number of hydrazone groups is 1. The average molecular weight is 503 g/mol. The summed E-state index contributed by atoms with van der Waals surface area (Å²) in [5.74, 6) is 0.792. The zero-order valence-corrected chi connectivity index (χ0v) is 19.1. The van der Waals surface area contributed by atoms with E-state index in [4.69, 9.17) is 67.5 Å². The van der Waals surface area contributed by atoms with Gasteiger partial charge in [0.2, 0.25) is 5.91 Å². The number of halogens is 5. The van der Waals surface area contributed by atoms with Crippen LogP contribution in [0.5, 0.6) is 11.5 Å². The van der Waals surface area contributed by atoms with Crippen LogP contribution in [0.2, 0.25) is 25.1 Å². The fourth-order valence-corrected chi connectivity index (χ4v) is 4.37. The molecule has 2 rings (SSSR count). The number of thioether (sulfide) groups is 1. The van der Waals surface area contributed by atoms with Gasteiger partial charge in [-0.1, -0.05) is 58.0 Å². The Hall–Kier alpha value is -1.02. The van der Waals surface area contributed by atoms with Crippen LogP contribution < -0.4 is 14.9 Å². The molecular formula is C17H13Cl5N2O3S. The first kappa shape index (κ1) is 23.3. The summed E-state index contributed by atoms with van der Waals surface area (Å²) >= 11 is 31.3. The van der Waals surface area contributed by atoms with Gasteiger partial charge in [0, 0.05) is 10.5 Å². The van der Waals surface area contributed by atoms with E-state index in [0.717, 1.165) is 11.8 Å². The highest BCUT2D eigenvalue weighted by Crippen LogP contribution is 2.47. The molecule has 0 saturated carbocycles. The SMILES string of the molecule is COc1ccc(OC)c(/C=N\NC(=O)CSc2c(Cl)c(Cl)c(Cl)c(Cl)c2Cl)c1. The Morgan fingerprint density at radius 3 is 2.21 bits per heavy atom. The second-order valence-corrected chi connectivity index (χ2v) is 7.96. The van der Waals surface area contributed by atoms with Gasteiger partial charge in [-0.05, 0) is 18.2 Å². The number of amides is 1. The number of ether oxygens (including phenoxy) is 2. The van der Waals surface area contributed by atoms with Crippen LogP contribution in [0.15, 0.2) is 28.2 Å². The molecule has 2 aromatic carbocycles. The Labute approximate surface area is 191 Å². The standard InChI is InChI=1S/C17H13Cl5N2O3S/c1-26-9-3-4-10(27-2)8(5-9)6-23-24-11(25)7-28-17-15(21)13(19)12(18)14(20)16(17)22/h3-6H,7H2,1-2H3,(H,24,25)/b23-6-. The Bertz CT molecular complexity index is 895. The van der Waals surface area contributed by atoms with Gasteiger partial charge in [-0.15, -0.1) is 11.8 Å². The molecule has 0 spiro atoms. The van der Waals surface area contributed by atoms with Crippen molar-refractivity contribution in [3.8, 4) is 11.5 Å². The number of rotatable bonds is 7. The van der Waals surface area contributed by atoms with Gasteiger partial charge in [0.15, 0.2) is 0 Å². The Balaban J connectivity index is 2.04. The third-order valence-corrected chi connectivity index (χ3v) is 6.95. The van der Waals surface area contributed by atoms with E-state index in [2.05, 4.69) is 10.5 Å². The topological polar surface area (TPSA) is 59.9 Å². The molecule has 0 radical (unpaired) electrons. The number of hydrogen-bond acceptors (Lipinski definition) is 5. The fourth-order valence-electron chi connectivity index (χ4n) is 2.00. The van der Waals surface area contributed by atoms with Crippen molar-refractivity contribution >= 4 is 81.9 Å². The van der Waals surface area contributed by atoms with E-state index in [1.807, 2.05) is 0 Å². The van der Waals surface area contributed by atoms with Crippen molar-refractivity contribution in [3.63, 3.8) is 0 Å². The lowest BCUT2D eigenvalue weighted by atomic mass is 10.2. The minimum atomic E-state index is -0.391. The molecule has 0 atom stereocenters. The molecule has 150 valence electrons. The number of nitrogens with one attached hydrogen (secondary N) is 1. The van der Waals surface area contributed by atoms with Crippen LogP contribution >= 0.6 is 69.8 Å². The quantitative estimate of drug-likeness (QED) is 0.161. The van der Waals surface area contributed by atoms with Gasteiger partial charge in [-0.3, -0.25) is 4.79 Å². The number of hydrogen-bond donors (Lipinski definition) is 1. The predicted octanol–water partition coefficient (Wildman–Crippen LogP) is 6.21. The van der Waals surface area contributed by atoms with Crippen LogP contribution in [0, 0.1) is 0 Å². The molecule has 0 aliphatic heterocycles. The van der Waals surface area contributed by atoms with E-state index in [1.165, 1.54) is 13.3 Å². The van der Waals surface area contributed by atoms with Crippen molar-refractivity contribution in [1.82, 2.24) is 5.43 Å². The Morgan fingerprint density at radius 1 is 1.04 bits per heavy atom. The van der Waals surface area contributed by atoms with Crippen molar-refractivity contribution in [3.05, 3.63) is 48.9 Å². The monoisotopic (exact) mass is 500 g/mol. The largest absolute Gasteiger partial charge is 0.497 e. The van der Waals surface area contributed by atoms with Gasteiger partial charge in [0.1, 0.15) is 11.5 Å². The summed E-state index contributed by atoms with van der Waals surface area (Å²) in [5.41, 5.74) is 3.04. The first-order chi connectivity index (χ1) is 13.3. The minimum absolute atomic E-state index is 0.0275. The maximum absolute atomic E-state index is 12.1. The summed E-state index contributed by atoms with van der Waals surface area (Å²) in [6.45, 7) is 0. The fraction of sp³-hybridized carbons (Fsp3) is 0.176. The van der Waals surface area contributed by atoms with E-state index in [1.54, 1.807) is 25.3 Å². The molecule has 0 fully saturated rings. The van der Waals surface area contributed by atoms with Gasteiger partial charge >= 0.3 is 0 Å². The number of methoxy groups -OCH3 is 2. The molecule has 0 aliphatic carbocycles. The van der Waals surface area contributed by atoms with E-state index in [-0.39, 0.29) is 30.9 Å². The molecule has 5 nitrogen and oxygen atoms in total. The van der Waals surface area contributed by atoms with Crippen molar-refractivity contribution in [2.24, 2.45) is 5.10 Å². The van der Waals surface area contributed by atoms with Gasteiger partial charge in [0.05, 0.1) is 51.3 Å². The van der Waals surface area contributed by atoms with Gasteiger partial charge in [-0.2, -0.15) is 5.10 Å². The van der Waals surface area contributed by atoms with Crippen LogP contribution in [0.25, 0.3) is 0 Å². The van der Waals surface area contributed by atoms with Crippen molar-refractivity contribution in [1.29, 1.82) is 0 Å². The Morgan fingerprint density at radius 2 is 1.64 bits per heavy atom. The van der Waals surface area contributed by atoms with E-state index in [9.17, 15) is 4.79 Å². The van der Waals surface area contributed by atoms with E-state index in [0.29, 0.717) is 22.0 Å². The molecule has 0 bridgehead atoms. The van der Waals surface area contributed by atoms with Gasteiger partial charge in [0.25, 0.3) is 0 Å². The van der Waals surface area contributed by atoms with Crippen molar-refractivity contribution in [2.75, 3.05) is 20.0 Å². The summed E-state index contributed by atoms with van der Waals surface area (Å²) < 4.78 is 10.4. The molecule has 1 amide bonds. The van der Waals surface area contributed by atoms with Crippen LogP contribution in [0.3, 0.4) is 0 Å². The van der Waals surface area contributed by atoms with Crippen LogP contribution in [-0.4, -0.2) is 32.1 Å². The van der Waals surface area contributed by atoms with E-state index < -0.39 is 5.91 Å². The zero-order chi connectivity index (χ0) is 20.8. The molecule has 0 heterocycles. The van der Waals surface area contributed by atoms with E-state index >= 15 is 0 Å². The van der Waals surface area contributed by atoms with Crippen LogP contribution in [0.4, 0.5) is 0 Å².